The highest BCUT2D eigenvalue weighted by Crippen LogP contribution is 2.33. The molecule has 0 unspecified atom stereocenters. The van der Waals surface area contributed by atoms with E-state index in [0.29, 0.717) is 41.6 Å². The predicted octanol–water partition coefficient (Wildman–Crippen LogP) is 4.77. The third-order valence-electron chi connectivity index (χ3n) is 6.61. The predicted molar refractivity (Wildman–Crippen MR) is 154 cm³/mol. The van der Waals surface area contributed by atoms with Crippen LogP contribution in [0, 0.1) is 5.92 Å². The first kappa shape index (κ1) is 28.6. The second-order valence-electron chi connectivity index (χ2n) is 9.96. The third kappa shape index (κ3) is 6.97. The summed E-state index contributed by atoms with van der Waals surface area (Å²) >= 11 is 0. The number of methoxy groups -OCH3 is 1. The van der Waals surface area contributed by atoms with Crippen LogP contribution in [0.3, 0.4) is 0 Å². The van der Waals surface area contributed by atoms with E-state index in [9.17, 15) is 9.59 Å². The Morgan fingerprint density at radius 3 is 2.48 bits per heavy atom. The van der Waals surface area contributed by atoms with Crippen LogP contribution in [0.25, 0.3) is 11.0 Å². The molecule has 4 aromatic rings. The maximum absolute atomic E-state index is 14.1. The summed E-state index contributed by atoms with van der Waals surface area (Å²) in [5, 5.41) is 11.5. The maximum Gasteiger partial charge on any atom is 0.247 e. The van der Waals surface area contributed by atoms with E-state index in [-0.39, 0.29) is 24.9 Å². The molecule has 1 atom stereocenters. The number of aromatic nitrogens is 3. The lowest BCUT2D eigenvalue weighted by Crippen LogP contribution is -2.45. The van der Waals surface area contributed by atoms with Crippen molar-refractivity contribution in [1.29, 1.82) is 0 Å². The van der Waals surface area contributed by atoms with Gasteiger partial charge in [-0.15, -0.1) is 5.10 Å². The summed E-state index contributed by atoms with van der Waals surface area (Å²) < 4.78 is 12.9. The van der Waals surface area contributed by atoms with E-state index >= 15 is 0 Å². The van der Waals surface area contributed by atoms with Gasteiger partial charge in [0.15, 0.2) is 11.5 Å². The normalized spacial score (nSPS) is 11.8. The summed E-state index contributed by atoms with van der Waals surface area (Å²) in [5.41, 5.74) is 2.97. The Balaban J connectivity index is 1.76. The second-order valence-corrected chi connectivity index (χ2v) is 9.96. The summed E-state index contributed by atoms with van der Waals surface area (Å²) in [7, 11) is 1.56. The first-order valence-electron chi connectivity index (χ1n) is 13.6. The van der Waals surface area contributed by atoms with Gasteiger partial charge in [-0.25, -0.2) is 4.68 Å². The first-order chi connectivity index (χ1) is 19.4. The van der Waals surface area contributed by atoms with Gasteiger partial charge in [0.25, 0.3) is 0 Å². The largest absolute Gasteiger partial charge is 0.493 e. The molecule has 0 saturated heterocycles. The summed E-state index contributed by atoms with van der Waals surface area (Å²) in [6, 6.07) is 21.6. The fraction of sp³-hybridized carbons (Fsp3) is 0.355. The Morgan fingerprint density at radius 1 is 1.00 bits per heavy atom. The van der Waals surface area contributed by atoms with Crippen molar-refractivity contribution in [3.8, 4) is 11.5 Å². The van der Waals surface area contributed by atoms with Crippen LogP contribution in [0.4, 0.5) is 0 Å². The topological polar surface area (TPSA) is 98.6 Å². The number of nitrogens with zero attached hydrogens (tertiary/aromatic N) is 4. The smallest absolute Gasteiger partial charge is 0.247 e. The molecule has 3 aromatic carbocycles. The monoisotopic (exact) mass is 543 g/mol. The van der Waals surface area contributed by atoms with Gasteiger partial charge in [-0.3, -0.25) is 9.59 Å². The number of nitrogens with one attached hydrogen (secondary N) is 1. The van der Waals surface area contributed by atoms with Crippen LogP contribution in [-0.2, 0) is 22.7 Å². The van der Waals surface area contributed by atoms with Crippen molar-refractivity contribution >= 4 is 22.8 Å². The first-order valence-corrected chi connectivity index (χ1v) is 13.6. The lowest BCUT2D eigenvalue weighted by Gasteiger charge is -2.32. The van der Waals surface area contributed by atoms with Crippen molar-refractivity contribution < 1.29 is 19.1 Å². The number of hydrogen-bond acceptors (Lipinski definition) is 6. The van der Waals surface area contributed by atoms with Crippen molar-refractivity contribution in [3.05, 3.63) is 83.9 Å². The summed E-state index contributed by atoms with van der Waals surface area (Å²) in [6.07, 6.45) is 0.822. The van der Waals surface area contributed by atoms with Crippen LogP contribution in [-0.4, -0.2) is 52.0 Å². The zero-order valence-electron chi connectivity index (χ0n) is 23.5. The number of fused-ring (bicyclic) bond motifs is 1. The lowest BCUT2D eigenvalue weighted by atomic mass is 10.0. The lowest BCUT2D eigenvalue weighted by molar-refractivity contribution is -0.142. The summed E-state index contributed by atoms with van der Waals surface area (Å²) in [5.74, 6) is 0.958. The molecule has 4 rings (SSSR count). The fourth-order valence-corrected chi connectivity index (χ4v) is 4.54. The van der Waals surface area contributed by atoms with Crippen LogP contribution in [0.2, 0.25) is 0 Å². The molecule has 0 aliphatic carbocycles. The molecule has 1 aromatic heterocycles. The molecule has 9 heteroatoms. The number of hydrogen-bond donors (Lipinski definition) is 1. The summed E-state index contributed by atoms with van der Waals surface area (Å²) in [6.45, 7) is 7.23. The number of para-hydroxylation sites is 1. The van der Waals surface area contributed by atoms with Crippen LogP contribution >= 0.6 is 0 Å². The van der Waals surface area contributed by atoms with E-state index in [4.69, 9.17) is 9.47 Å². The Morgan fingerprint density at radius 2 is 1.75 bits per heavy atom. The van der Waals surface area contributed by atoms with Crippen molar-refractivity contribution in [2.75, 3.05) is 20.3 Å². The van der Waals surface area contributed by atoms with Gasteiger partial charge in [-0.05, 0) is 54.7 Å². The Hall–Kier alpha value is -4.40. The van der Waals surface area contributed by atoms with Gasteiger partial charge in [0.2, 0.25) is 11.8 Å². The Kier molecular flexibility index (Phi) is 9.72. The highest BCUT2D eigenvalue weighted by atomic mass is 16.5. The Labute approximate surface area is 235 Å². The molecule has 0 aliphatic rings. The fourth-order valence-electron chi connectivity index (χ4n) is 4.54. The van der Waals surface area contributed by atoms with Crippen molar-refractivity contribution in [1.82, 2.24) is 25.2 Å². The van der Waals surface area contributed by atoms with Crippen molar-refractivity contribution in [3.63, 3.8) is 0 Å². The van der Waals surface area contributed by atoms with Gasteiger partial charge in [-0.1, -0.05) is 67.6 Å². The highest BCUT2D eigenvalue weighted by molar-refractivity contribution is 5.89. The number of carbonyl (C=O) groups excluding carboxylic acids is 2. The highest BCUT2D eigenvalue weighted by Gasteiger charge is 2.33. The second kappa shape index (κ2) is 13.6. The molecule has 0 spiro atoms. The van der Waals surface area contributed by atoms with Crippen LogP contribution in [0.1, 0.15) is 44.4 Å². The molecule has 40 heavy (non-hydrogen) atoms. The van der Waals surface area contributed by atoms with Crippen LogP contribution in [0.5, 0.6) is 11.5 Å². The van der Waals surface area contributed by atoms with E-state index in [0.717, 1.165) is 17.5 Å². The van der Waals surface area contributed by atoms with Crippen molar-refractivity contribution in [2.45, 2.75) is 46.3 Å². The Bertz CT molecular complexity index is 1420. The van der Waals surface area contributed by atoms with Gasteiger partial charge in [0, 0.05) is 13.1 Å². The maximum atomic E-state index is 14.1. The summed E-state index contributed by atoms with van der Waals surface area (Å²) in [4.78, 5) is 29.6. The molecule has 210 valence electrons. The SMILES string of the molecule is CCOc1ccc([C@@H](C(=O)NCCC(C)C)N(Cc2ccccc2)C(=O)Cn2nnc3ccccc32)cc1OC. The van der Waals surface area contributed by atoms with Gasteiger partial charge >= 0.3 is 0 Å². The van der Waals surface area contributed by atoms with Crippen LogP contribution < -0.4 is 14.8 Å². The van der Waals surface area contributed by atoms with E-state index in [1.807, 2.05) is 67.6 Å². The molecular weight excluding hydrogens is 506 g/mol. The zero-order chi connectivity index (χ0) is 28.5. The van der Waals surface area contributed by atoms with E-state index in [1.54, 1.807) is 28.8 Å². The van der Waals surface area contributed by atoms with Gasteiger partial charge in [0.1, 0.15) is 18.1 Å². The van der Waals surface area contributed by atoms with E-state index in [1.165, 1.54) is 0 Å². The molecule has 0 fully saturated rings. The van der Waals surface area contributed by atoms with E-state index in [2.05, 4.69) is 29.5 Å². The quantitative estimate of drug-likeness (QED) is 0.261. The molecule has 0 bridgehead atoms. The third-order valence-corrected chi connectivity index (χ3v) is 6.61. The number of amides is 2. The molecule has 0 radical (unpaired) electrons. The minimum atomic E-state index is -0.917. The average Bonchev–Trinajstić information content (AvgIpc) is 3.36. The molecular formula is C31H37N5O4. The minimum absolute atomic E-state index is 0.0721. The van der Waals surface area contributed by atoms with Gasteiger partial charge in [0.05, 0.1) is 19.2 Å². The molecule has 0 saturated carbocycles. The minimum Gasteiger partial charge on any atom is -0.493 e. The van der Waals surface area contributed by atoms with E-state index < -0.39 is 6.04 Å². The number of benzene rings is 3. The van der Waals surface area contributed by atoms with Crippen molar-refractivity contribution in [2.24, 2.45) is 5.92 Å². The number of carbonyl (C=O) groups is 2. The van der Waals surface area contributed by atoms with Gasteiger partial charge in [-0.2, -0.15) is 0 Å². The average molecular weight is 544 g/mol. The number of rotatable bonds is 13. The van der Waals surface area contributed by atoms with Gasteiger partial charge < -0.3 is 19.7 Å². The standard InChI is InChI=1S/C31H37N5O4/c1-5-40-27-16-15-24(19-28(27)39-4)30(31(38)32-18-17-22(2)3)35(20-23-11-7-6-8-12-23)29(37)21-36-26-14-10-9-13-25(26)33-34-36/h6-16,19,22,30H,5,17-18,20-21H2,1-4H3,(H,32,38)/t30-/m0/s1. The molecule has 0 aliphatic heterocycles. The molecule has 1 heterocycles. The number of ether oxygens (including phenoxy) is 2. The molecule has 1 N–H and O–H groups in total. The molecule has 2 amide bonds. The van der Waals surface area contributed by atoms with Crippen LogP contribution in [0.15, 0.2) is 72.8 Å². The molecule has 9 nitrogen and oxygen atoms in total. The zero-order valence-corrected chi connectivity index (χ0v) is 23.5.